The van der Waals surface area contributed by atoms with Gasteiger partial charge < -0.3 is 0 Å². The Balaban J connectivity index is 2.48. The molecular formula is C11H9ClN2. The molecule has 2 rings (SSSR count). The molecule has 0 radical (unpaired) electrons. The van der Waals surface area contributed by atoms with E-state index in [0.29, 0.717) is 11.0 Å². The van der Waals surface area contributed by atoms with Gasteiger partial charge in [0.15, 0.2) is 5.82 Å². The molecular weight excluding hydrogens is 196 g/mol. The molecule has 1 aromatic heterocycles. The highest BCUT2D eigenvalue weighted by Crippen LogP contribution is 2.17. The second-order valence-corrected chi connectivity index (χ2v) is 3.39. The Labute approximate surface area is 87.6 Å². The zero-order valence-electron chi connectivity index (χ0n) is 7.74. The average molecular weight is 205 g/mol. The van der Waals surface area contributed by atoms with Crippen LogP contribution in [0.25, 0.3) is 11.4 Å². The third kappa shape index (κ3) is 1.75. The van der Waals surface area contributed by atoms with E-state index in [0.717, 1.165) is 11.1 Å². The SMILES string of the molecule is Cc1cnc(-c2ccccc2)nc1Cl. The smallest absolute Gasteiger partial charge is 0.160 e. The van der Waals surface area contributed by atoms with Crippen LogP contribution in [0, 0.1) is 6.92 Å². The van der Waals surface area contributed by atoms with Crippen molar-refractivity contribution in [2.45, 2.75) is 6.92 Å². The molecule has 0 aliphatic heterocycles. The lowest BCUT2D eigenvalue weighted by Crippen LogP contribution is -1.90. The van der Waals surface area contributed by atoms with Crippen LogP contribution in [-0.4, -0.2) is 9.97 Å². The van der Waals surface area contributed by atoms with E-state index in [4.69, 9.17) is 11.6 Å². The number of hydrogen-bond donors (Lipinski definition) is 0. The number of halogens is 1. The van der Waals surface area contributed by atoms with Crippen molar-refractivity contribution >= 4 is 11.6 Å². The zero-order chi connectivity index (χ0) is 9.97. The third-order valence-corrected chi connectivity index (χ3v) is 2.32. The number of nitrogens with zero attached hydrogens (tertiary/aromatic N) is 2. The molecule has 0 aliphatic carbocycles. The summed E-state index contributed by atoms with van der Waals surface area (Å²) in [6.07, 6.45) is 1.73. The molecule has 0 fully saturated rings. The summed E-state index contributed by atoms with van der Waals surface area (Å²) >= 11 is 5.91. The lowest BCUT2D eigenvalue weighted by molar-refractivity contribution is 1.14. The number of rotatable bonds is 1. The Kier molecular flexibility index (Phi) is 2.46. The molecule has 1 heterocycles. The highest BCUT2D eigenvalue weighted by molar-refractivity contribution is 6.30. The fraction of sp³-hybridized carbons (Fsp3) is 0.0909. The van der Waals surface area contributed by atoms with Crippen molar-refractivity contribution in [3.05, 3.63) is 47.2 Å². The Morgan fingerprint density at radius 2 is 1.86 bits per heavy atom. The van der Waals surface area contributed by atoms with Gasteiger partial charge in [0.05, 0.1) is 0 Å². The highest BCUT2D eigenvalue weighted by Gasteiger charge is 2.02. The molecule has 3 heteroatoms. The lowest BCUT2D eigenvalue weighted by atomic mass is 10.2. The average Bonchev–Trinajstić information content (AvgIpc) is 2.23. The molecule has 0 amide bonds. The maximum Gasteiger partial charge on any atom is 0.160 e. The molecule has 0 bridgehead atoms. The topological polar surface area (TPSA) is 25.8 Å². The fourth-order valence-corrected chi connectivity index (χ4v) is 1.28. The third-order valence-electron chi connectivity index (χ3n) is 1.94. The molecule has 2 aromatic rings. The fourth-order valence-electron chi connectivity index (χ4n) is 1.15. The second kappa shape index (κ2) is 3.76. The van der Waals surface area contributed by atoms with Crippen LogP contribution in [0.2, 0.25) is 5.15 Å². The Hall–Kier alpha value is -1.41. The van der Waals surface area contributed by atoms with Gasteiger partial charge in [-0.1, -0.05) is 41.9 Å². The van der Waals surface area contributed by atoms with Gasteiger partial charge in [-0.25, -0.2) is 9.97 Å². The minimum atomic E-state index is 0.513. The predicted octanol–water partition coefficient (Wildman–Crippen LogP) is 3.11. The minimum absolute atomic E-state index is 0.513. The van der Waals surface area contributed by atoms with E-state index in [2.05, 4.69) is 9.97 Å². The van der Waals surface area contributed by atoms with E-state index in [-0.39, 0.29) is 0 Å². The first kappa shape index (κ1) is 9.16. The number of benzene rings is 1. The first-order valence-electron chi connectivity index (χ1n) is 4.32. The molecule has 0 N–H and O–H groups in total. The molecule has 0 unspecified atom stereocenters. The molecule has 0 spiro atoms. The van der Waals surface area contributed by atoms with Gasteiger partial charge >= 0.3 is 0 Å². The Bertz CT molecular complexity index is 440. The van der Waals surface area contributed by atoms with Crippen LogP contribution in [0.5, 0.6) is 0 Å². The molecule has 2 nitrogen and oxygen atoms in total. The van der Waals surface area contributed by atoms with Crippen molar-refractivity contribution in [2.24, 2.45) is 0 Å². The summed E-state index contributed by atoms with van der Waals surface area (Å²) < 4.78 is 0. The summed E-state index contributed by atoms with van der Waals surface area (Å²) in [5, 5.41) is 0.513. The minimum Gasteiger partial charge on any atom is -0.236 e. The van der Waals surface area contributed by atoms with Gasteiger partial charge in [0.25, 0.3) is 0 Å². The number of hydrogen-bond acceptors (Lipinski definition) is 2. The van der Waals surface area contributed by atoms with Gasteiger partial charge in [0, 0.05) is 17.3 Å². The van der Waals surface area contributed by atoms with Crippen molar-refractivity contribution in [1.82, 2.24) is 9.97 Å². The standard InChI is InChI=1S/C11H9ClN2/c1-8-7-13-11(14-10(8)12)9-5-3-2-4-6-9/h2-7H,1H3. The van der Waals surface area contributed by atoms with Crippen LogP contribution < -0.4 is 0 Å². The largest absolute Gasteiger partial charge is 0.236 e. The van der Waals surface area contributed by atoms with E-state index in [1.54, 1.807) is 6.20 Å². The van der Waals surface area contributed by atoms with E-state index in [1.807, 2.05) is 37.3 Å². The molecule has 0 atom stereocenters. The van der Waals surface area contributed by atoms with Gasteiger partial charge in [-0.15, -0.1) is 0 Å². The maximum atomic E-state index is 5.91. The molecule has 0 saturated heterocycles. The van der Waals surface area contributed by atoms with Gasteiger partial charge in [0.2, 0.25) is 0 Å². The summed E-state index contributed by atoms with van der Waals surface area (Å²) in [5.74, 6) is 0.668. The van der Waals surface area contributed by atoms with Crippen molar-refractivity contribution < 1.29 is 0 Å². The van der Waals surface area contributed by atoms with E-state index in [9.17, 15) is 0 Å². The van der Waals surface area contributed by atoms with Gasteiger partial charge in [0.1, 0.15) is 5.15 Å². The Morgan fingerprint density at radius 1 is 1.14 bits per heavy atom. The monoisotopic (exact) mass is 204 g/mol. The summed E-state index contributed by atoms with van der Waals surface area (Å²) in [6.45, 7) is 1.89. The van der Waals surface area contributed by atoms with Crippen LogP contribution in [-0.2, 0) is 0 Å². The van der Waals surface area contributed by atoms with E-state index < -0.39 is 0 Å². The van der Waals surface area contributed by atoms with Crippen molar-refractivity contribution in [3.63, 3.8) is 0 Å². The zero-order valence-corrected chi connectivity index (χ0v) is 8.49. The van der Waals surface area contributed by atoms with Gasteiger partial charge in [-0.2, -0.15) is 0 Å². The normalized spacial score (nSPS) is 10.1. The summed E-state index contributed by atoms with van der Waals surface area (Å²) in [6, 6.07) is 9.78. The quantitative estimate of drug-likeness (QED) is 0.667. The van der Waals surface area contributed by atoms with E-state index >= 15 is 0 Å². The molecule has 1 aromatic carbocycles. The maximum absolute atomic E-state index is 5.91. The number of aromatic nitrogens is 2. The van der Waals surface area contributed by atoms with Gasteiger partial charge in [-0.05, 0) is 6.92 Å². The number of aryl methyl sites for hydroxylation is 1. The summed E-state index contributed by atoms with van der Waals surface area (Å²) in [5.41, 5.74) is 1.88. The van der Waals surface area contributed by atoms with Crippen LogP contribution in [0.4, 0.5) is 0 Å². The first-order valence-corrected chi connectivity index (χ1v) is 4.70. The molecule has 70 valence electrons. The highest BCUT2D eigenvalue weighted by atomic mass is 35.5. The predicted molar refractivity (Wildman–Crippen MR) is 57.2 cm³/mol. The second-order valence-electron chi connectivity index (χ2n) is 3.03. The van der Waals surface area contributed by atoms with Crippen LogP contribution in [0.15, 0.2) is 36.5 Å². The lowest BCUT2D eigenvalue weighted by Gasteiger charge is -2.01. The molecule has 0 aliphatic rings. The molecule has 0 saturated carbocycles. The van der Waals surface area contributed by atoms with Crippen molar-refractivity contribution in [2.75, 3.05) is 0 Å². The van der Waals surface area contributed by atoms with Crippen LogP contribution in [0.3, 0.4) is 0 Å². The van der Waals surface area contributed by atoms with Crippen molar-refractivity contribution in [1.29, 1.82) is 0 Å². The van der Waals surface area contributed by atoms with Crippen molar-refractivity contribution in [3.8, 4) is 11.4 Å². The molecule has 14 heavy (non-hydrogen) atoms. The summed E-state index contributed by atoms with van der Waals surface area (Å²) in [7, 11) is 0. The van der Waals surface area contributed by atoms with Crippen LogP contribution >= 0.6 is 11.6 Å². The van der Waals surface area contributed by atoms with Gasteiger partial charge in [-0.3, -0.25) is 0 Å². The Morgan fingerprint density at radius 3 is 2.50 bits per heavy atom. The first-order chi connectivity index (χ1) is 6.77. The summed E-state index contributed by atoms with van der Waals surface area (Å²) in [4.78, 5) is 8.41. The van der Waals surface area contributed by atoms with Crippen LogP contribution in [0.1, 0.15) is 5.56 Å². The van der Waals surface area contributed by atoms with E-state index in [1.165, 1.54) is 0 Å².